The molecule has 124 valence electrons. The molecule has 1 heterocycles. The summed E-state index contributed by atoms with van der Waals surface area (Å²) < 4.78 is 26.6. The van der Waals surface area contributed by atoms with Gasteiger partial charge in [-0.25, -0.2) is 22.9 Å². The molecule has 24 heavy (non-hydrogen) atoms. The highest BCUT2D eigenvalue weighted by molar-refractivity contribution is 7.90. The fourth-order valence-electron chi connectivity index (χ4n) is 2.21. The second-order valence-electron chi connectivity index (χ2n) is 5.39. The number of nitrogens with one attached hydrogen (secondary N) is 2. The lowest BCUT2D eigenvalue weighted by Crippen LogP contribution is -2.40. The molecule has 2 amide bonds. The normalized spacial score (nSPS) is 11.4. The molecular formula is C16H16N4O3S. The number of aromatic amines is 1. The molecule has 0 saturated carbocycles. The van der Waals surface area contributed by atoms with Crippen molar-refractivity contribution < 1.29 is 13.2 Å². The van der Waals surface area contributed by atoms with Crippen LogP contribution in [0.25, 0.3) is 11.0 Å². The van der Waals surface area contributed by atoms with Crippen LogP contribution >= 0.6 is 0 Å². The standard InChI is InChI=1S/C16H16N4O3S/c1-11-3-6-13(7-4-11)24(22,23)19-16(21)20(2)12-5-8-14-15(9-12)18-10-17-14/h3-10H,1-2H3,(H,17,18)(H,19,21). The fourth-order valence-corrected chi connectivity index (χ4v) is 3.19. The number of nitrogens with zero attached hydrogens (tertiary/aromatic N) is 2. The summed E-state index contributed by atoms with van der Waals surface area (Å²) in [4.78, 5) is 20.6. The maximum atomic E-state index is 12.3. The van der Waals surface area contributed by atoms with E-state index in [2.05, 4.69) is 14.7 Å². The SMILES string of the molecule is Cc1ccc(S(=O)(=O)NC(=O)N(C)c2ccc3nc[nH]c3c2)cc1. The van der Waals surface area contributed by atoms with Crippen LogP contribution in [0.5, 0.6) is 0 Å². The first kappa shape index (κ1) is 16.0. The van der Waals surface area contributed by atoms with Crippen molar-refractivity contribution in [2.24, 2.45) is 0 Å². The summed E-state index contributed by atoms with van der Waals surface area (Å²) in [5.74, 6) is 0. The number of benzene rings is 2. The summed E-state index contributed by atoms with van der Waals surface area (Å²) in [5, 5.41) is 0. The Hall–Kier alpha value is -2.87. The van der Waals surface area contributed by atoms with E-state index in [4.69, 9.17) is 0 Å². The Bertz CT molecular complexity index is 994. The monoisotopic (exact) mass is 344 g/mol. The predicted octanol–water partition coefficient (Wildman–Crippen LogP) is 2.41. The van der Waals surface area contributed by atoms with Gasteiger partial charge in [0, 0.05) is 12.7 Å². The molecule has 2 N–H and O–H groups in total. The Balaban J connectivity index is 1.81. The zero-order valence-corrected chi connectivity index (χ0v) is 14.0. The average Bonchev–Trinajstić information content (AvgIpc) is 3.01. The summed E-state index contributed by atoms with van der Waals surface area (Å²) >= 11 is 0. The van der Waals surface area contributed by atoms with Gasteiger partial charge in [-0.2, -0.15) is 0 Å². The molecular weight excluding hydrogens is 328 g/mol. The van der Waals surface area contributed by atoms with Gasteiger partial charge in [-0.3, -0.25) is 4.90 Å². The number of fused-ring (bicyclic) bond motifs is 1. The first-order valence-electron chi connectivity index (χ1n) is 7.17. The Kier molecular flexibility index (Phi) is 3.98. The van der Waals surface area contributed by atoms with E-state index in [1.807, 2.05) is 6.92 Å². The minimum absolute atomic E-state index is 0.0406. The van der Waals surface area contributed by atoms with Crippen LogP contribution in [0.15, 0.2) is 53.7 Å². The predicted molar refractivity (Wildman–Crippen MR) is 91.4 cm³/mol. The molecule has 0 aliphatic rings. The molecule has 0 aliphatic carbocycles. The lowest BCUT2D eigenvalue weighted by Gasteiger charge is -2.18. The lowest BCUT2D eigenvalue weighted by molar-refractivity contribution is 0.252. The molecule has 0 saturated heterocycles. The summed E-state index contributed by atoms with van der Waals surface area (Å²) in [7, 11) is -2.42. The van der Waals surface area contributed by atoms with E-state index in [0.29, 0.717) is 5.69 Å². The number of aryl methyl sites for hydroxylation is 1. The van der Waals surface area contributed by atoms with Crippen LogP contribution in [-0.4, -0.2) is 31.5 Å². The van der Waals surface area contributed by atoms with E-state index in [-0.39, 0.29) is 4.90 Å². The maximum absolute atomic E-state index is 12.3. The van der Waals surface area contributed by atoms with Crippen molar-refractivity contribution in [2.75, 3.05) is 11.9 Å². The molecule has 0 aliphatic heterocycles. The summed E-state index contributed by atoms with van der Waals surface area (Å²) in [6, 6.07) is 10.7. The number of imidazole rings is 1. The second kappa shape index (κ2) is 5.97. The van der Waals surface area contributed by atoms with Crippen LogP contribution in [0.2, 0.25) is 0 Å². The van der Waals surface area contributed by atoms with Crippen LogP contribution < -0.4 is 9.62 Å². The molecule has 0 bridgehead atoms. The van der Waals surface area contributed by atoms with E-state index in [0.717, 1.165) is 16.6 Å². The Labute approximate surface area is 139 Å². The van der Waals surface area contributed by atoms with E-state index in [1.54, 1.807) is 36.7 Å². The maximum Gasteiger partial charge on any atom is 0.335 e. The molecule has 0 fully saturated rings. The number of aromatic nitrogens is 2. The van der Waals surface area contributed by atoms with Crippen molar-refractivity contribution in [3.63, 3.8) is 0 Å². The van der Waals surface area contributed by atoms with Crippen LogP contribution in [0, 0.1) is 6.92 Å². The van der Waals surface area contributed by atoms with E-state index in [1.165, 1.54) is 24.1 Å². The second-order valence-corrected chi connectivity index (χ2v) is 7.07. The van der Waals surface area contributed by atoms with Crippen molar-refractivity contribution in [3.05, 3.63) is 54.4 Å². The van der Waals surface area contributed by atoms with Crippen LogP contribution in [-0.2, 0) is 10.0 Å². The fraction of sp³-hybridized carbons (Fsp3) is 0.125. The van der Waals surface area contributed by atoms with Gasteiger partial charge in [-0.1, -0.05) is 17.7 Å². The molecule has 8 heteroatoms. The van der Waals surface area contributed by atoms with Gasteiger partial charge in [0.05, 0.1) is 22.3 Å². The van der Waals surface area contributed by atoms with Gasteiger partial charge in [-0.15, -0.1) is 0 Å². The van der Waals surface area contributed by atoms with Crippen LogP contribution in [0.4, 0.5) is 10.5 Å². The molecule has 0 unspecified atom stereocenters. The van der Waals surface area contributed by atoms with Crippen molar-refractivity contribution in [2.45, 2.75) is 11.8 Å². The average molecular weight is 344 g/mol. The van der Waals surface area contributed by atoms with E-state index >= 15 is 0 Å². The number of urea groups is 1. The third-order valence-corrected chi connectivity index (χ3v) is 4.98. The lowest BCUT2D eigenvalue weighted by atomic mass is 10.2. The zero-order valence-electron chi connectivity index (χ0n) is 13.1. The highest BCUT2D eigenvalue weighted by atomic mass is 32.2. The number of carbonyl (C=O) groups is 1. The minimum Gasteiger partial charge on any atom is -0.345 e. The largest absolute Gasteiger partial charge is 0.345 e. The van der Waals surface area contributed by atoms with Crippen LogP contribution in [0.1, 0.15) is 5.56 Å². The Morgan fingerprint density at radius 2 is 1.88 bits per heavy atom. The molecule has 7 nitrogen and oxygen atoms in total. The molecule has 2 aromatic carbocycles. The van der Waals surface area contributed by atoms with Crippen molar-refractivity contribution in [3.8, 4) is 0 Å². The third kappa shape index (κ3) is 3.09. The molecule has 0 atom stereocenters. The first-order chi connectivity index (χ1) is 11.4. The summed E-state index contributed by atoms with van der Waals surface area (Å²) in [6.07, 6.45) is 1.55. The van der Waals surface area contributed by atoms with Gasteiger partial charge < -0.3 is 4.98 Å². The number of H-pyrrole nitrogens is 1. The number of rotatable bonds is 3. The molecule has 1 aromatic heterocycles. The highest BCUT2D eigenvalue weighted by Crippen LogP contribution is 2.19. The highest BCUT2D eigenvalue weighted by Gasteiger charge is 2.21. The number of hydrogen-bond donors (Lipinski definition) is 2. The van der Waals surface area contributed by atoms with Gasteiger partial charge in [-0.05, 0) is 37.3 Å². The van der Waals surface area contributed by atoms with Crippen molar-refractivity contribution >= 4 is 32.8 Å². The van der Waals surface area contributed by atoms with Gasteiger partial charge in [0.2, 0.25) is 0 Å². The first-order valence-corrected chi connectivity index (χ1v) is 8.65. The third-order valence-electron chi connectivity index (χ3n) is 3.65. The molecule has 3 rings (SSSR count). The van der Waals surface area contributed by atoms with Crippen molar-refractivity contribution in [1.29, 1.82) is 0 Å². The summed E-state index contributed by atoms with van der Waals surface area (Å²) in [5.41, 5.74) is 3.00. The zero-order chi connectivity index (χ0) is 17.3. The van der Waals surface area contributed by atoms with Crippen molar-refractivity contribution in [1.82, 2.24) is 14.7 Å². The Morgan fingerprint density at radius 1 is 1.17 bits per heavy atom. The molecule has 3 aromatic rings. The Morgan fingerprint density at radius 3 is 2.58 bits per heavy atom. The molecule has 0 spiro atoms. The van der Waals surface area contributed by atoms with Gasteiger partial charge in [0.15, 0.2) is 0 Å². The number of anilines is 1. The molecule has 0 radical (unpaired) electrons. The van der Waals surface area contributed by atoms with E-state index in [9.17, 15) is 13.2 Å². The van der Waals surface area contributed by atoms with Gasteiger partial charge in [0.1, 0.15) is 0 Å². The number of hydrogen-bond acceptors (Lipinski definition) is 4. The topological polar surface area (TPSA) is 95.2 Å². The minimum atomic E-state index is -3.92. The van der Waals surface area contributed by atoms with Crippen LogP contribution in [0.3, 0.4) is 0 Å². The van der Waals surface area contributed by atoms with Gasteiger partial charge in [0.25, 0.3) is 10.0 Å². The quantitative estimate of drug-likeness (QED) is 0.763. The smallest absolute Gasteiger partial charge is 0.335 e. The number of sulfonamides is 1. The number of amides is 2. The van der Waals surface area contributed by atoms with Gasteiger partial charge >= 0.3 is 6.03 Å². The summed E-state index contributed by atoms with van der Waals surface area (Å²) in [6.45, 7) is 1.86. The number of carbonyl (C=O) groups excluding carboxylic acids is 1. The van der Waals surface area contributed by atoms with E-state index < -0.39 is 16.1 Å².